The van der Waals surface area contributed by atoms with Crippen LogP contribution in [0.25, 0.3) is 10.4 Å². The van der Waals surface area contributed by atoms with Crippen LogP contribution in [0.15, 0.2) is 40.6 Å². The third-order valence-electron chi connectivity index (χ3n) is 2.72. The Balaban J connectivity index is 2.22. The van der Waals surface area contributed by atoms with Gasteiger partial charge in [0.2, 0.25) is 0 Å². The first-order chi connectivity index (χ1) is 9.92. The molecule has 6 nitrogen and oxygen atoms in total. The number of benzene rings is 1. The lowest BCUT2D eigenvalue weighted by atomic mass is 10.2. The fourth-order valence-corrected chi connectivity index (χ4v) is 3.98. The van der Waals surface area contributed by atoms with Crippen LogP contribution in [0.4, 0.5) is 5.69 Å². The number of sulfonamides is 1. The molecule has 8 heteroatoms. The minimum absolute atomic E-state index is 0.0939. The predicted octanol–water partition coefficient (Wildman–Crippen LogP) is 1.82. The molecule has 0 saturated heterocycles. The van der Waals surface area contributed by atoms with Crippen LogP contribution in [0.5, 0.6) is 0 Å². The average Bonchev–Trinajstić information content (AvgIpc) is 2.96. The van der Waals surface area contributed by atoms with E-state index in [0.717, 1.165) is 27.5 Å². The Morgan fingerprint density at radius 2 is 1.86 bits per heavy atom. The maximum absolute atomic E-state index is 11.9. The van der Waals surface area contributed by atoms with E-state index in [4.69, 9.17) is 5.11 Å². The number of anilines is 1. The lowest BCUT2D eigenvalue weighted by molar-refractivity contribution is -0.135. The van der Waals surface area contributed by atoms with Crippen LogP contribution in [0.2, 0.25) is 0 Å². The Kier molecular flexibility index (Phi) is 4.61. The molecule has 21 heavy (non-hydrogen) atoms. The van der Waals surface area contributed by atoms with E-state index in [-0.39, 0.29) is 4.21 Å². The van der Waals surface area contributed by atoms with Crippen LogP contribution < -0.4 is 10.0 Å². The molecule has 0 atom stereocenters. The van der Waals surface area contributed by atoms with Crippen LogP contribution in [-0.2, 0) is 14.8 Å². The molecule has 0 aliphatic rings. The predicted molar refractivity (Wildman–Crippen MR) is 82.1 cm³/mol. The summed E-state index contributed by atoms with van der Waals surface area (Å²) in [6.45, 7) is -0.633. The monoisotopic (exact) mass is 326 g/mol. The second-order valence-electron chi connectivity index (χ2n) is 4.16. The zero-order valence-corrected chi connectivity index (χ0v) is 12.8. The molecule has 2 rings (SSSR count). The minimum Gasteiger partial charge on any atom is -0.480 e. The van der Waals surface area contributed by atoms with Gasteiger partial charge < -0.3 is 10.4 Å². The van der Waals surface area contributed by atoms with E-state index in [1.165, 1.54) is 6.07 Å². The zero-order valence-electron chi connectivity index (χ0n) is 11.2. The first-order valence-electron chi connectivity index (χ1n) is 6.02. The summed E-state index contributed by atoms with van der Waals surface area (Å²) in [5.41, 5.74) is 1.87. The van der Waals surface area contributed by atoms with Gasteiger partial charge in [-0.2, -0.15) is 4.72 Å². The molecule has 1 aromatic carbocycles. The molecule has 0 unspecified atom stereocenters. The van der Waals surface area contributed by atoms with Crippen LogP contribution in [0, 0.1) is 0 Å². The van der Waals surface area contributed by atoms with Crippen molar-refractivity contribution in [1.29, 1.82) is 0 Å². The number of nitrogens with one attached hydrogen (secondary N) is 2. The molecule has 1 heterocycles. The van der Waals surface area contributed by atoms with E-state index in [0.29, 0.717) is 0 Å². The molecule has 1 aromatic heterocycles. The SMILES string of the molecule is CNc1ccc(-c2ccc(S(=O)(=O)NCC(=O)O)s2)cc1. The highest BCUT2D eigenvalue weighted by Gasteiger charge is 2.18. The summed E-state index contributed by atoms with van der Waals surface area (Å²) in [7, 11) is -1.96. The molecule has 0 spiro atoms. The summed E-state index contributed by atoms with van der Waals surface area (Å²) in [5, 5.41) is 11.5. The van der Waals surface area contributed by atoms with Crippen LogP contribution >= 0.6 is 11.3 Å². The van der Waals surface area contributed by atoms with Crippen molar-refractivity contribution in [1.82, 2.24) is 4.72 Å². The summed E-state index contributed by atoms with van der Waals surface area (Å²) in [6, 6.07) is 10.7. The van der Waals surface area contributed by atoms with Gasteiger partial charge in [-0.3, -0.25) is 4.79 Å². The summed E-state index contributed by atoms with van der Waals surface area (Å²) < 4.78 is 25.9. The third kappa shape index (κ3) is 3.81. The Hall–Kier alpha value is -1.90. The molecular weight excluding hydrogens is 312 g/mol. The number of hydrogen-bond donors (Lipinski definition) is 3. The maximum atomic E-state index is 11.9. The maximum Gasteiger partial charge on any atom is 0.318 e. The molecular formula is C13H14N2O4S2. The Morgan fingerprint density at radius 1 is 1.19 bits per heavy atom. The van der Waals surface area contributed by atoms with Crippen LogP contribution in [-0.4, -0.2) is 33.1 Å². The molecule has 3 N–H and O–H groups in total. The van der Waals surface area contributed by atoms with Gasteiger partial charge in [0.05, 0.1) is 0 Å². The minimum atomic E-state index is -3.78. The number of rotatable bonds is 6. The highest BCUT2D eigenvalue weighted by Crippen LogP contribution is 2.31. The summed E-state index contributed by atoms with van der Waals surface area (Å²) in [6.07, 6.45) is 0. The van der Waals surface area contributed by atoms with Crippen LogP contribution in [0.1, 0.15) is 0 Å². The van der Waals surface area contributed by atoms with Gasteiger partial charge in [-0.15, -0.1) is 11.3 Å². The normalized spacial score (nSPS) is 11.3. The van der Waals surface area contributed by atoms with E-state index >= 15 is 0 Å². The Morgan fingerprint density at radius 3 is 2.43 bits per heavy atom. The van der Waals surface area contributed by atoms with Crippen molar-refractivity contribution < 1.29 is 18.3 Å². The number of carbonyl (C=O) groups is 1. The van der Waals surface area contributed by atoms with E-state index in [2.05, 4.69) is 5.32 Å². The lowest BCUT2D eigenvalue weighted by Crippen LogP contribution is -2.28. The molecule has 2 aromatic rings. The highest BCUT2D eigenvalue weighted by molar-refractivity contribution is 7.91. The Labute approximate surface area is 126 Å². The van der Waals surface area contributed by atoms with Gasteiger partial charge in [0, 0.05) is 17.6 Å². The second kappa shape index (κ2) is 6.25. The van der Waals surface area contributed by atoms with Gasteiger partial charge in [-0.05, 0) is 29.8 Å². The van der Waals surface area contributed by atoms with Crippen molar-refractivity contribution >= 4 is 33.0 Å². The fourth-order valence-electron chi connectivity index (χ4n) is 1.65. The summed E-state index contributed by atoms with van der Waals surface area (Å²) in [5.74, 6) is -1.22. The topological polar surface area (TPSA) is 95.5 Å². The van der Waals surface area contributed by atoms with Crippen LogP contribution in [0.3, 0.4) is 0 Å². The molecule has 0 radical (unpaired) electrons. The number of carboxylic acid groups (broad SMARTS) is 1. The zero-order chi connectivity index (χ0) is 15.5. The van der Waals surface area contributed by atoms with Gasteiger partial charge in [0.25, 0.3) is 10.0 Å². The molecule has 0 amide bonds. The number of thiophene rings is 1. The second-order valence-corrected chi connectivity index (χ2v) is 7.24. The van der Waals surface area contributed by atoms with Crippen molar-refractivity contribution in [3.05, 3.63) is 36.4 Å². The van der Waals surface area contributed by atoms with E-state index in [1.807, 2.05) is 36.0 Å². The standard InChI is InChI=1S/C13H14N2O4S2/c1-14-10-4-2-9(3-5-10)11-6-7-13(20-11)21(18,19)15-8-12(16)17/h2-7,14-15H,8H2,1H3,(H,16,17). The quantitative estimate of drug-likeness (QED) is 0.752. The van der Waals surface area contributed by atoms with Crippen molar-refractivity contribution in [2.24, 2.45) is 0 Å². The van der Waals surface area contributed by atoms with E-state index in [1.54, 1.807) is 6.07 Å². The third-order valence-corrected chi connectivity index (χ3v) is 5.75. The molecule has 0 fully saturated rings. The number of carboxylic acids is 1. The van der Waals surface area contributed by atoms with Gasteiger partial charge in [-0.1, -0.05) is 12.1 Å². The highest BCUT2D eigenvalue weighted by atomic mass is 32.2. The van der Waals surface area contributed by atoms with Gasteiger partial charge in [0.1, 0.15) is 10.8 Å². The summed E-state index contributed by atoms with van der Waals surface area (Å²) in [4.78, 5) is 11.2. The first kappa shape index (κ1) is 15.5. The average molecular weight is 326 g/mol. The van der Waals surface area contributed by atoms with Gasteiger partial charge >= 0.3 is 5.97 Å². The Bertz CT molecular complexity index is 736. The number of aliphatic carboxylic acids is 1. The molecule has 0 saturated carbocycles. The molecule has 112 valence electrons. The van der Waals surface area contributed by atoms with Crippen molar-refractivity contribution in [3.63, 3.8) is 0 Å². The molecule has 0 bridgehead atoms. The van der Waals surface area contributed by atoms with Gasteiger partial charge in [-0.25, -0.2) is 8.42 Å². The molecule has 0 aliphatic heterocycles. The molecule has 0 aliphatic carbocycles. The van der Waals surface area contributed by atoms with E-state index < -0.39 is 22.5 Å². The fraction of sp³-hybridized carbons (Fsp3) is 0.154. The van der Waals surface area contributed by atoms with Crippen molar-refractivity contribution in [2.75, 3.05) is 18.9 Å². The van der Waals surface area contributed by atoms with Gasteiger partial charge in [0.15, 0.2) is 0 Å². The lowest BCUT2D eigenvalue weighted by Gasteiger charge is -2.02. The number of hydrogen-bond acceptors (Lipinski definition) is 5. The van der Waals surface area contributed by atoms with Crippen molar-refractivity contribution in [2.45, 2.75) is 4.21 Å². The van der Waals surface area contributed by atoms with Crippen molar-refractivity contribution in [3.8, 4) is 10.4 Å². The first-order valence-corrected chi connectivity index (χ1v) is 8.32. The largest absolute Gasteiger partial charge is 0.480 e. The van der Waals surface area contributed by atoms with E-state index in [9.17, 15) is 13.2 Å². The summed E-state index contributed by atoms with van der Waals surface area (Å²) >= 11 is 1.09. The smallest absolute Gasteiger partial charge is 0.318 e.